The van der Waals surface area contributed by atoms with E-state index in [1.807, 2.05) is 45.3 Å². The molecule has 228 valence electrons. The van der Waals surface area contributed by atoms with Crippen LogP contribution in [0.15, 0.2) is 42.7 Å². The van der Waals surface area contributed by atoms with E-state index < -0.39 is 30.1 Å². The summed E-state index contributed by atoms with van der Waals surface area (Å²) in [7, 11) is 1.99. The van der Waals surface area contributed by atoms with Crippen molar-refractivity contribution in [3.63, 3.8) is 0 Å². The number of carbonyl (C=O) groups is 3. The number of aryl methyl sites for hydroxylation is 2. The molecule has 2 heterocycles. The van der Waals surface area contributed by atoms with Gasteiger partial charge in [-0.3, -0.25) is 14.4 Å². The van der Waals surface area contributed by atoms with Crippen LogP contribution in [0, 0.1) is 31.4 Å². The standard InChI is InChI=1S/C18H17F2NO3.C7H9N3O.C6H15N/c1-10-4-3-5-11(2)17(10)12-6-13(18(20)14(19)7-12)15(21-9-22)8-16(23)24;11-6-9-3-4-10-2-1-8-7(10)5-9;1-6(2)4-5-7-3/h3-7,9,15H,8H2,1-2H3,(H,21,22)(H,23,24);1-2,6H,3-5H2;6-7H,4-5H2,1-3H3. The van der Waals surface area contributed by atoms with E-state index >= 15 is 0 Å². The van der Waals surface area contributed by atoms with Crippen LogP contribution < -0.4 is 10.6 Å². The van der Waals surface area contributed by atoms with E-state index in [0.717, 1.165) is 60.5 Å². The number of aromatic nitrogens is 2. The largest absolute Gasteiger partial charge is 0.481 e. The molecule has 3 N–H and O–H groups in total. The smallest absolute Gasteiger partial charge is 0.305 e. The molecule has 1 unspecified atom stereocenters. The Labute approximate surface area is 245 Å². The van der Waals surface area contributed by atoms with Crippen LogP contribution in [-0.2, 0) is 27.5 Å². The lowest BCUT2D eigenvalue weighted by molar-refractivity contribution is -0.137. The van der Waals surface area contributed by atoms with E-state index in [9.17, 15) is 23.2 Å². The molecule has 1 aliphatic heterocycles. The van der Waals surface area contributed by atoms with Crippen molar-refractivity contribution in [2.75, 3.05) is 20.1 Å². The third-order valence-corrected chi connectivity index (χ3v) is 6.74. The van der Waals surface area contributed by atoms with Gasteiger partial charge in [0.05, 0.1) is 19.0 Å². The second-order valence-electron chi connectivity index (χ2n) is 10.5. The number of carbonyl (C=O) groups excluding carboxylic acids is 2. The maximum Gasteiger partial charge on any atom is 0.305 e. The molecule has 42 heavy (non-hydrogen) atoms. The first-order chi connectivity index (χ1) is 20.0. The van der Waals surface area contributed by atoms with E-state index in [1.54, 1.807) is 11.1 Å². The lowest BCUT2D eigenvalue weighted by Gasteiger charge is -2.23. The molecule has 1 aromatic heterocycles. The van der Waals surface area contributed by atoms with Crippen molar-refractivity contribution in [1.29, 1.82) is 0 Å². The van der Waals surface area contributed by atoms with Crippen LogP contribution >= 0.6 is 0 Å². The van der Waals surface area contributed by atoms with Crippen LogP contribution in [0.3, 0.4) is 0 Å². The van der Waals surface area contributed by atoms with Gasteiger partial charge < -0.3 is 25.2 Å². The Kier molecular flexibility index (Phi) is 13.8. The lowest BCUT2D eigenvalue weighted by atomic mass is 9.92. The third kappa shape index (κ3) is 10.1. The summed E-state index contributed by atoms with van der Waals surface area (Å²) in [5, 5.41) is 14.3. The molecule has 3 aromatic rings. The Morgan fingerprint density at radius 2 is 1.83 bits per heavy atom. The number of nitrogens with one attached hydrogen (secondary N) is 2. The molecule has 1 aliphatic rings. The summed E-state index contributed by atoms with van der Waals surface area (Å²) in [6.07, 6.45) is 5.59. The van der Waals surface area contributed by atoms with Gasteiger partial charge >= 0.3 is 5.97 Å². The highest BCUT2D eigenvalue weighted by Crippen LogP contribution is 2.32. The average molecular weight is 586 g/mol. The maximum absolute atomic E-state index is 14.2. The maximum atomic E-state index is 14.2. The minimum Gasteiger partial charge on any atom is -0.481 e. The number of halogens is 2. The van der Waals surface area contributed by atoms with Crippen molar-refractivity contribution < 1.29 is 28.3 Å². The number of nitrogens with zero attached hydrogens (tertiary/aromatic N) is 3. The molecule has 4 rings (SSSR count). The minimum absolute atomic E-state index is 0.192. The van der Waals surface area contributed by atoms with Crippen molar-refractivity contribution in [3.05, 3.63) is 76.9 Å². The predicted octanol–water partition coefficient (Wildman–Crippen LogP) is 4.62. The zero-order valence-electron chi connectivity index (χ0n) is 24.9. The fraction of sp³-hybridized carbons (Fsp3) is 0.419. The molecule has 0 radical (unpaired) electrons. The number of hydrogen-bond donors (Lipinski definition) is 3. The van der Waals surface area contributed by atoms with E-state index in [2.05, 4.69) is 34.0 Å². The summed E-state index contributed by atoms with van der Waals surface area (Å²) >= 11 is 0. The molecule has 2 amide bonds. The number of aliphatic carboxylic acids is 1. The number of benzene rings is 2. The topological polar surface area (TPSA) is 117 Å². The van der Waals surface area contributed by atoms with Crippen molar-refractivity contribution in [3.8, 4) is 11.1 Å². The molecule has 1 atom stereocenters. The average Bonchev–Trinajstić information content (AvgIpc) is 3.42. The van der Waals surface area contributed by atoms with Gasteiger partial charge in [0.1, 0.15) is 5.82 Å². The van der Waals surface area contributed by atoms with Gasteiger partial charge in [0.15, 0.2) is 11.6 Å². The van der Waals surface area contributed by atoms with Crippen LogP contribution in [0.2, 0.25) is 0 Å². The van der Waals surface area contributed by atoms with Crippen molar-refractivity contribution >= 4 is 18.8 Å². The quantitative estimate of drug-likeness (QED) is 0.299. The van der Waals surface area contributed by atoms with Crippen molar-refractivity contribution in [2.24, 2.45) is 5.92 Å². The van der Waals surface area contributed by atoms with E-state index in [4.69, 9.17) is 5.11 Å². The number of carboxylic acid groups (broad SMARTS) is 1. The highest BCUT2D eigenvalue weighted by atomic mass is 19.2. The van der Waals surface area contributed by atoms with Crippen molar-refractivity contribution in [2.45, 2.75) is 59.7 Å². The summed E-state index contributed by atoms with van der Waals surface area (Å²) in [6, 6.07) is 6.86. The first kappa shape index (κ1) is 34.1. The molecular weight excluding hydrogens is 544 g/mol. The molecular formula is C31H41F2N5O4. The number of hydrogen-bond acceptors (Lipinski definition) is 5. The van der Waals surface area contributed by atoms with E-state index in [1.165, 1.54) is 12.5 Å². The number of rotatable bonds is 10. The minimum atomic E-state index is -1.23. The van der Waals surface area contributed by atoms with Gasteiger partial charge in [-0.2, -0.15) is 0 Å². The number of carboxylic acids is 1. The molecule has 9 nitrogen and oxygen atoms in total. The predicted molar refractivity (Wildman–Crippen MR) is 158 cm³/mol. The molecule has 0 saturated heterocycles. The second kappa shape index (κ2) is 17.0. The Bertz CT molecular complexity index is 1310. The highest BCUT2D eigenvalue weighted by Gasteiger charge is 2.23. The van der Waals surface area contributed by atoms with Gasteiger partial charge in [-0.1, -0.05) is 32.0 Å². The highest BCUT2D eigenvalue weighted by molar-refractivity contribution is 5.73. The molecule has 11 heteroatoms. The van der Waals surface area contributed by atoms with Gasteiger partial charge in [0.2, 0.25) is 12.8 Å². The zero-order chi connectivity index (χ0) is 31.2. The van der Waals surface area contributed by atoms with Crippen LogP contribution in [0.1, 0.15) is 55.2 Å². The SMILES string of the molecule is CNCCC(C)C.Cc1cccc(C)c1-c1cc(F)c(F)c(C(CC(=O)O)NC=O)c1.O=CN1CCn2ccnc2C1. The molecule has 0 saturated carbocycles. The Morgan fingerprint density at radius 3 is 2.38 bits per heavy atom. The van der Waals surface area contributed by atoms with Gasteiger partial charge in [-0.15, -0.1) is 0 Å². The van der Waals surface area contributed by atoms with Gasteiger partial charge in [0, 0.05) is 31.0 Å². The summed E-state index contributed by atoms with van der Waals surface area (Å²) in [5.41, 5.74) is 2.75. The summed E-state index contributed by atoms with van der Waals surface area (Å²) in [5.74, 6) is -1.67. The number of fused-ring (bicyclic) bond motifs is 1. The van der Waals surface area contributed by atoms with Crippen LogP contribution in [0.4, 0.5) is 8.78 Å². The summed E-state index contributed by atoms with van der Waals surface area (Å²) in [6.45, 7) is 11.6. The Morgan fingerprint density at radius 1 is 1.14 bits per heavy atom. The normalized spacial score (nSPS) is 12.7. The van der Waals surface area contributed by atoms with Crippen LogP contribution in [0.25, 0.3) is 11.1 Å². The monoisotopic (exact) mass is 585 g/mol. The summed E-state index contributed by atoms with van der Waals surface area (Å²) < 4.78 is 30.4. The van der Waals surface area contributed by atoms with E-state index in [-0.39, 0.29) is 12.0 Å². The molecule has 0 bridgehead atoms. The van der Waals surface area contributed by atoms with Gasteiger partial charge in [-0.25, -0.2) is 13.8 Å². The Hall–Kier alpha value is -4.12. The second-order valence-corrected chi connectivity index (χ2v) is 10.5. The first-order valence-corrected chi connectivity index (χ1v) is 13.8. The molecule has 0 aliphatic carbocycles. The molecule has 0 fully saturated rings. The third-order valence-electron chi connectivity index (χ3n) is 6.74. The van der Waals surface area contributed by atoms with Crippen LogP contribution in [-0.4, -0.2) is 58.5 Å². The first-order valence-electron chi connectivity index (χ1n) is 13.8. The van der Waals surface area contributed by atoms with Crippen molar-refractivity contribution in [1.82, 2.24) is 25.1 Å². The fourth-order valence-corrected chi connectivity index (χ4v) is 4.51. The lowest BCUT2D eigenvalue weighted by Crippen LogP contribution is -2.32. The van der Waals surface area contributed by atoms with Crippen LogP contribution in [0.5, 0.6) is 0 Å². The zero-order valence-corrected chi connectivity index (χ0v) is 24.9. The number of imidazole rings is 1. The number of amides is 2. The molecule has 0 spiro atoms. The molecule has 2 aromatic carbocycles. The van der Waals surface area contributed by atoms with Gasteiger partial charge in [-0.05, 0) is 74.2 Å². The fourth-order valence-electron chi connectivity index (χ4n) is 4.51. The Balaban J connectivity index is 0.000000279. The summed E-state index contributed by atoms with van der Waals surface area (Å²) in [4.78, 5) is 37.9. The van der Waals surface area contributed by atoms with E-state index in [0.29, 0.717) is 12.1 Å². The van der Waals surface area contributed by atoms with Gasteiger partial charge in [0.25, 0.3) is 0 Å².